The molecule has 1 aromatic heterocycles. The molecule has 7 heteroatoms. The molecule has 2 rings (SSSR count). The van der Waals surface area contributed by atoms with Crippen LogP contribution in [-0.4, -0.2) is 40.8 Å². The molecule has 0 bridgehead atoms. The molecule has 100 valence electrons. The molecule has 0 aromatic carbocycles. The predicted octanol–water partition coefficient (Wildman–Crippen LogP) is 1.06. The van der Waals surface area contributed by atoms with Gasteiger partial charge in [-0.2, -0.15) is 5.10 Å². The van der Waals surface area contributed by atoms with Crippen LogP contribution in [0.1, 0.15) is 48.3 Å². The normalized spacial score (nSPS) is 22.5. The largest absolute Gasteiger partial charge is 0.478 e. The average Bonchev–Trinajstić information content (AvgIpc) is 2.80. The number of carbonyl (C=O) groups is 1. The van der Waals surface area contributed by atoms with Crippen LogP contribution in [0.25, 0.3) is 0 Å². The van der Waals surface area contributed by atoms with E-state index in [9.17, 15) is 13.2 Å². The Morgan fingerprint density at radius 2 is 2.22 bits per heavy atom. The average molecular weight is 272 g/mol. The van der Waals surface area contributed by atoms with E-state index >= 15 is 0 Å². The first-order chi connectivity index (χ1) is 8.30. The topological polar surface area (TPSA) is 89.3 Å². The molecule has 0 aliphatic carbocycles. The van der Waals surface area contributed by atoms with E-state index in [0.29, 0.717) is 12.1 Å². The predicted molar refractivity (Wildman–Crippen MR) is 65.6 cm³/mol. The molecule has 1 aromatic rings. The highest BCUT2D eigenvalue weighted by molar-refractivity contribution is 7.91. The Kier molecular flexibility index (Phi) is 3.18. The minimum atomic E-state index is -3.00. The molecular weight excluding hydrogens is 256 g/mol. The van der Waals surface area contributed by atoms with E-state index in [2.05, 4.69) is 5.10 Å². The van der Waals surface area contributed by atoms with Gasteiger partial charge in [-0.1, -0.05) is 13.8 Å². The second kappa shape index (κ2) is 4.38. The summed E-state index contributed by atoms with van der Waals surface area (Å²) in [6.45, 7) is 3.73. The molecule has 18 heavy (non-hydrogen) atoms. The highest BCUT2D eigenvalue weighted by atomic mass is 32.2. The van der Waals surface area contributed by atoms with E-state index in [4.69, 9.17) is 5.11 Å². The summed E-state index contributed by atoms with van der Waals surface area (Å²) in [4.78, 5) is 11.1. The van der Waals surface area contributed by atoms with Gasteiger partial charge in [-0.3, -0.25) is 4.68 Å². The van der Waals surface area contributed by atoms with Gasteiger partial charge in [0, 0.05) is 6.20 Å². The summed E-state index contributed by atoms with van der Waals surface area (Å²) in [5.74, 6) is -0.830. The molecule has 1 aliphatic rings. The summed E-state index contributed by atoms with van der Waals surface area (Å²) >= 11 is 0. The first kappa shape index (κ1) is 13.1. The Morgan fingerprint density at radius 3 is 2.61 bits per heavy atom. The summed E-state index contributed by atoms with van der Waals surface area (Å²) in [7, 11) is -3.00. The molecule has 6 nitrogen and oxygen atoms in total. The van der Waals surface area contributed by atoms with E-state index in [-0.39, 0.29) is 29.0 Å². The number of carboxylic acids is 1. The molecule has 0 unspecified atom stereocenters. The third-order valence-electron chi connectivity index (χ3n) is 3.12. The van der Waals surface area contributed by atoms with Crippen LogP contribution in [0, 0.1) is 0 Å². The van der Waals surface area contributed by atoms with Gasteiger partial charge in [-0.05, 0) is 12.3 Å². The quantitative estimate of drug-likeness (QED) is 0.888. The van der Waals surface area contributed by atoms with Crippen molar-refractivity contribution < 1.29 is 18.3 Å². The molecule has 1 aliphatic heterocycles. The van der Waals surface area contributed by atoms with Crippen molar-refractivity contribution in [2.24, 2.45) is 0 Å². The summed E-state index contributed by atoms with van der Waals surface area (Å²) in [6.07, 6.45) is 1.95. The number of rotatable bonds is 3. The first-order valence-corrected chi connectivity index (χ1v) is 7.65. The van der Waals surface area contributed by atoms with Crippen molar-refractivity contribution in [3.63, 3.8) is 0 Å². The second-order valence-corrected chi connectivity index (χ2v) is 7.15. The summed E-state index contributed by atoms with van der Waals surface area (Å²) in [5, 5.41) is 13.4. The maximum absolute atomic E-state index is 11.4. The minimum Gasteiger partial charge on any atom is -0.478 e. The molecule has 0 amide bonds. The first-order valence-electron chi connectivity index (χ1n) is 5.83. The van der Waals surface area contributed by atoms with Gasteiger partial charge in [-0.15, -0.1) is 0 Å². The van der Waals surface area contributed by atoms with Crippen LogP contribution in [0.2, 0.25) is 0 Å². The maximum atomic E-state index is 11.4. The summed E-state index contributed by atoms with van der Waals surface area (Å²) < 4.78 is 24.3. The van der Waals surface area contributed by atoms with Gasteiger partial charge < -0.3 is 5.11 Å². The van der Waals surface area contributed by atoms with Gasteiger partial charge in [0.1, 0.15) is 5.56 Å². The monoisotopic (exact) mass is 272 g/mol. The fourth-order valence-electron chi connectivity index (χ4n) is 2.17. The highest BCUT2D eigenvalue weighted by Gasteiger charge is 2.31. The Balaban J connectivity index is 2.36. The van der Waals surface area contributed by atoms with Crippen LogP contribution in [0.3, 0.4) is 0 Å². The number of aromatic nitrogens is 2. The lowest BCUT2D eigenvalue weighted by Crippen LogP contribution is -2.11. The molecule has 0 saturated carbocycles. The number of sulfone groups is 1. The number of hydrogen-bond acceptors (Lipinski definition) is 4. The maximum Gasteiger partial charge on any atom is 0.339 e. The van der Waals surface area contributed by atoms with Gasteiger partial charge in [-0.25, -0.2) is 13.2 Å². The Morgan fingerprint density at radius 1 is 1.56 bits per heavy atom. The van der Waals surface area contributed by atoms with Crippen molar-refractivity contribution in [1.82, 2.24) is 9.78 Å². The number of carboxylic acid groups (broad SMARTS) is 1. The number of nitrogens with zero attached hydrogens (tertiary/aromatic N) is 2. The Hall–Kier alpha value is -1.37. The van der Waals surface area contributed by atoms with Crippen molar-refractivity contribution >= 4 is 15.8 Å². The fourth-order valence-corrected chi connectivity index (χ4v) is 3.87. The third kappa shape index (κ3) is 2.40. The van der Waals surface area contributed by atoms with Gasteiger partial charge in [0.2, 0.25) is 0 Å². The van der Waals surface area contributed by atoms with E-state index in [1.165, 1.54) is 10.9 Å². The van der Waals surface area contributed by atoms with Gasteiger partial charge in [0.25, 0.3) is 0 Å². The van der Waals surface area contributed by atoms with E-state index in [0.717, 1.165) is 0 Å². The fraction of sp³-hybridized carbons (Fsp3) is 0.636. The second-order valence-electron chi connectivity index (χ2n) is 4.92. The zero-order valence-corrected chi connectivity index (χ0v) is 11.1. The summed E-state index contributed by atoms with van der Waals surface area (Å²) in [6, 6.07) is -0.236. The smallest absolute Gasteiger partial charge is 0.339 e. The van der Waals surface area contributed by atoms with Crippen molar-refractivity contribution in [1.29, 1.82) is 0 Å². The van der Waals surface area contributed by atoms with Crippen LogP contribution < -0.4 is 0 Å². The Labute approximate surface area is 106 Å². The molecule has 1 N–H and O–H groups in total. The van der Waals surface area contributed by atoms with Crippen molar-refractivity contribution in [3.05, 3.63) is 17.5 Å². The highest BCUT2D eigenvalue weighted by Crippen LogP contribution is 2.26. The molecule has 1 fully saturated rings. The van der Waals surface area contributed by atoms with Crippen LogP contribution in [0.5, 0.6) is 0 Å². The lowest BCUT2D eigenvalue weighted by molar-refractivity contribution is 0.0695. The number of aromatic carboxylic acids is 1. The lowest BCUT2D eigenvalue weighted by atomic mass is 10.1. The molecular formula is C11H16N2O4S. The standard InChI is InChI=1S/C11H16N2O4S/c1-7(2)10-9(11(14)15)5-13(12-10)8-3-4-18(16,17)6-8/h5,7-8H,3-4,6H2,1-2H3,(H,14,15)/t8-/m1/s1. The zero-order valence-electron chi connectivity index (χ0n) is 10.3. The lowest BCUT2D eigenvalue weighted by Gasteiger charge is -2.07. The number of hydrogen-bond donors (Lipinski definition) is 1. The zero-order chi connectivity index (χ0) is 13.5. The molecule has 1 atom stereocenters. The molecule has 1 saturated heterocycles. The van der Waals surface area contributed by atoms with Crippen LogP contribution in [0.4, 0.5) is 0 Å². The summed E-state index contributed by atoms with van der Waals surface area (Å²) in [5.41, 5.74) is 0.668. The van der Waals surface area contributed by atoms with Gasteiger partial charge in [0.05, 0.1) is 23.2 Å². The minimum absolute atomic E-state index is 0.00430. The van der Waals surface area contributed by atoms with Crippen LogP contribution in [-0.2, 0) is 9.84 Å². The van der Waals surface area contributed by atoms with Crippen LogP contribution >= 0.6 is 0 Å². The van der Waals surface area contributed by atoms with Gasteiger partial charge in [0.15, 0.2) is 9.84 Å². The SMILES string of the molecule is CC(C)c1nn([C@@H]2CCS(=O)(=O)C2)cc1C(=O)O. The van der Waals surface area contributed by atoms with Crippen molar-refractivity contribution in [2.45, 2.75) is 32.2 Å². The van der Waals surface area contributed by atoms with Crippen molar-refractivity contribution in [2.75, 3.05) is 11.5 Å². The van der Waals surface area contributed by atoms with Crippen LogP contribution in [0.15, 0.2) is 6.20 Å². The van der Waals surface area contributed by atoms with Crippen molar-refractivity contribution in [3.8, 4) is 0 Å². The van der Waals surface area contributed by atoms with Gasteiger partial charge >= 0.3 is 5.97 Å². The van der Waals surface area contributed by atoms with E-state index in [1.807, 2.05) is 13.8 Å². The Bertz CT molecular complexity index is 574. The van der Waals surface area contributed by atoms with E-state index in [1.54, 1.807) is 0 Å². The van der Waals surface area contributed by atoms with E-state index < -0.39 is 15.8 Å². The molecule has 0 spiro atoms. The third-order valence-corrected chi connectivity index (χ3v) is 4.87. The molecule has 0 radical (unpaired) electrons. The molecule has 2 heterocycles.